The molecule has 0 radical (unpaired) electrons. The highest BCUT2D eigenvalue weighted by Crippen LogP contribution is 1.95. The summed E-state index contributed by atoms with van der Waals surface area (Å²) in [6, 6.07) is 1.89. The highest BCUT2D eigenvalue weighted by molar-refractivity contribution is 6.18. The van der Waals surface area contributed by atoms with Gasteiger partial charge in [0.15, 0.2) is 0 Å². The topological polar surface area (TPSA) is 23.8 Å². The smallest absolute Gasteiger partial charge is 0.0941 e. The van der Waals surface area contributed by atoms with Crippen molar-refractivity contribution in [1.29, 1.82) is 5.26 Å². The second-order valence-electron chi connectivity index (χ2n) is 1.15. The number of halogens is 1. The Morgan fingerprint density at radius 3 is 2.57 bits per heavy atom. The van der Waals surface area contributed by atoms with E-state index in [-0.39, 0.29) is 0 Å². The second-order valence-corrected chi connectivity index (χ2v) is 1.53. The Morgan fingerprint density at radius 1 is 1.86 bits per heavy atom. The largest absolute Gasteiger partial charge is 0.193 e. The molecule has 0 atom stereocenters. The Kier molecular flexibility index (Phi) is 3.45. The fourth-order valence-electron chi connectivity index (χ4n) is 0.170. The third-order valence-corrected chi connectivity index (χ3v) is 0.743. The molecule has 0 aliphatic rings. The summed E-state index contributed by atoms with van der Waals surface area (Å²) in [4.78, 5) is 0. The zero-order valence-corrected chi connectivity index (χ0v) is 4.70. The van der Waals surface area contributed by atoms with Crippen LogP contribution in [0.15, 0.2) is 12.2 Å². The molecule has 0 aliphatic carbocycles. The van der Waals surface area contributed by atoms with E-state index < -0.39 is 0 Å². The van der Waals surface area contributed by atoms with Gasteiger partial charge >= 0.3 is 0 Å². The Morgan fingerprint density at radius 2 is 2.43 bits per heavy atom. The Bertz CT molecular complexity index is 101. The first-order chi connectivity index (χ1) is 3.31. The van der Waals surface area contributed by atoms with Crippen molar-refractivity contribution in [2.45, 2.75) is 6.42 Å². The molecule has 0 saturated carbocycles. The number of nitriles is 1. The molecule has 38 valence electrons. The molecule has 0 aliphatic heterocycles. The molecule has 0 saturated heterocycles. The van der Waals surface area contributed by atoms with Crippen LogP contribution in [0.25, 0.3) is 0 Å². The van der Waals surface area contributed by atoms with Crippen LogP contribution in [0.1, 0.15) is 6.42 Å². The van der Waals surface area contributed by atoms with Gasteiger partial charge in [-0.1, -0.05) is 6.58 Å². The molecule has 0 heterocycles. The van der Waals surface area contributed by atoms with Gasteiger partial charge in [-0.25, -0.2) is 0 Å². The highest BCUT2D eigenvalue weighted by Gasteiger charge is 1.84. The second kappa shape index (κ2) is 3.70. The molecule has 0 fully saturated rings. The van der Waals surface area contributed by atoms with Gasteiger partial charge in [0, 0.05) is 11.5 Å². The van der Waals surface area contributed by atoms with E-state index in [1.807, 2.05) is 6.07 Å². The summed E-state index contributed by atoms with van der Waals surface area (Å²) in [7, 11) is 0. The lowest BCUT2D eigenvalue weighted by atomic mass is 10.3. The third kappa shape index (κ3) is 3.35. The molecule has 0 N–H and O–H groups in total. The molecule has 7 heavy (non-hydrogen) atoms. The first-order valence-electron chi connectivity index (χ1n) is 1.95. The van der Waals surface area contributed by atoms with Crippen molar-refractivity contribution in [1.82, 2.24) is 0 Å². The van der Waals surface area contributed by atoms with E-state index in [4.69, 9.17) is 16.9 Å². The number of rotatable bonds is 2. The molecule has 0 spiro atoms. The fraction of sp³-hybridized carbons (Fsp3) is 0.400. The maximum atomic E-state index is 8.06. The molecule has 0 amide bonds. The number of hydrogen-bond donors (Lipinski definition) is 0. The number of alkyl halides is 1. The molecular weight excluding hydrogens is 110 g/mol. The van der Waals surface area contributed by atoms with Crippen LogP contribution in [0.5, 0.6) is 0 Å². The minimum atomic E-state index is 0.492. The minimum absolute atomic E-state index is 0.492. The van der Waals surface area contributed by atoms with E-state index in [2.05, 4.69) is 6.58 Å². The van der Waals surface area contributed by atoms with Crippen LogP contribution in [0, 0.1) is 11.3 Å². The average molecular weight is 116 g/mol. The molecule has 0 unspecified atom stereocenters. The molecule has 0 bridgehead atoms. The molecule has 0 aromatic rings. The molecule has 2 heteroatoms. The van der Waals surface area contributed by atoms with Crippen molar-refractivity contribution in [3.05, 3.63) is 12.2 Å². The molecule has 0 aromatic heterocycles. The standard InChI is InChI=1S/C5H6ClN/c1-5(4-7)2-3-6/h1-3H2. The Balaban J connectivity index is 3.24. The normalized spacial score (nSPS) is 7.43. The van der Waals surface area contributed by atoms with Gasteiger partial charge in [0.05, 0.1) is 6.07 Å². The average Bonchev–Trinajstić information content (AvgIpc) is 1.68. The summed E-state index contributed by atoms with van der Waals surface area (Å²) in [5.41, 5.74) is 0.551. The lowest BCUT2D eigenvalue weighted by Gasteiger charge is -1.82. The predicted octanol–water partition coefficient (Wildman–Crippen LogP) is 1.70. The Labute approximate surface area is 48.2 Å². The van der Waals surface area contributed by atoms with E-state index in [0.29, 0.717) is 17.9 Å². The summed E-state index contributed by atoms with van der Waals surface area (Å²) in [5, 5.41) is 8.06. The zero-order chi connectivity index (χ0) is 5.70. The lowest BCUT2D eigenvalue weighted by molar-refractivity contribution is 1.17. The summed E-state index contributed by atoms with van der Waals surface area (Å²) in [5.74, 6) is 0.492. The number of hydrogen-bond acceptors (Lipinski definition) is 1. The van der Waals surface area contributed by atoms with Crippen LogP contribution in [0.3, 0.4) is 0 Å². The van der Waals surface area contributed by atoms with Gasteiger partial charge in [0.2, 0.25) is 0 Å². The fourth-order valence-corrected chi connectivity index (χ4v) is 0.398. The van der Waals surface area contributed by atoms with Gasteiger partial charge in [0.1, 0.15) is 0 Å². The zero-order valence-electron chi connectivity index (χ0n) is 3.95. The van der Waals surface area contributed by atoms with Crippen LogP contribution >= 0.6 is 11.6 Å². The maximum absolute atomic E-state index is 8.06. The van der Waals surface area contributed by atoms with Gasteiger partial charge < -0.3 is 0 Å². The highest BCUT2D eigenvalue weighted by atomic mass is 35.5. The van der Waals surface area contributed by atoms with Crippen molar-refractivity contribution in [3.63, 3.8) is 0 Å². The minimum Gasteiger partial charge on any atom is -0.193 e. The lowest BCUT2D eigenvalue weighted by Crippen LogP contribution is -1.74. The van der Waals surface area contributed by atoms with Gasteiger partial charge in [-0.05, 0) is 6.42 Å². The van der Waals surface area contributed by atoms with E-state index in [1.54, 1.807) is 0 Å². The monoisotopic (exact) mass is 115 g/mol. The van der Waals surface area contributed by atoms with Crippen molar-refractivity contribution in [2.75, 3.05) is 5.88 Å². The summed E-state index contributed by atoms with van der Waals surface area (Å²) in [6.07, 6.45) is 0.609. The van der Waals surface area contributed by atoms with Crippen molar-refractivity contribution in [3.8, 4) is 6.07 Å². The van der Waals surface area contributed by atoms with Gasteiger partial charge in [0.25, 0.3) is 0 Å². The molecule has 0 rings (SSSR count). The van der Waals surface area contributed by atoms with Crippen LogP contribution < -0.4 is 0 Å². The van der Waals surface area contributed by atoms with E-state index in [1.165, 1.54) is 0 Å². The summed E-state index contributed by atoms with van der Waals surface area (Å²) in [6.45, 7) is 3.42. The van der Waals surface area contributed by atoms with Gasteiger partial charge in [-0.15, -0.1) is 11.6 Å². The molecule has 0 aromatic carbocycles. The quantitative estimate of drug-likeness (QED) is 0.397. The number of allylic oxidation sites excluding steroid dienone is 1. The molecule has 1 nitrogen and oxygen atoms in total. The van der Waals surface area contributed by atoms with Crippen molar-refractivity contribution >= 4 is 11.6 Å². The van der Waals surface area contributed by atoms with Gasteiger partial charge in [-0.3, -0.25) is 0 Å². The molecular formula is C5H6ClN. The van der Waals surface area contributed by atoms with Crippen LogP contribution in [0.2, 0.25) is 0 Å². The number of nitrogens with zero attached hydrogens (tertiary/aromatic N) is 1. The maximum Gasteiger partial charge on any atom is 0.0941 e. The third-order valence-electron chi connectivity index (χ3n) is 0.554. The van der Waals surface area contributed by atoms with Crippen LogP contribution in [-0.2, 0) is 0 Å². The van der Waals surface area contributed by atoms with Gasteiger partial charge in [-0.2, -0.15) is 5.26 Å². The first-order valence-corrected chi connectivity index (χ1v) is 2.48. The van der Waals surface area contributed by atoms with E-state index >= 15 is 0 Å². The van der Waals surface area contributed by atoms with Crippen molar-refractivity contribution < 1.29 is 0 Å². The van der Waals surface area contributed by atoms with E-state index in [9.17, 15) is 0 Å². The van der Waals surface area contributed by atoms with Crippen LogP contribution in [0.4, 0.5) is 0 Å². The predicted molar refractivity (Wildman–Crippen MR) is 30.1 cm³/mol. The first kappa shape index (κ1) is 6.52. The summed E-state index contributed by atoms with van der Waals surface area (Å²) >= 11 is 5.26. The van der Waals surface area contributed by atoms with Crippen molar-refractivity contribution in [2.24, 2.45) is 0 Å². The SMILES string of the molecule is C=C(C#N)CCCl. The van der Waals surface area contributed by atoms with Crippen LogP contribution in [-0.4, -0.2) is 5.88 Å². The summed E-state index contributed by atoms with van der Waals surface area (Å²) < 4.78 is 0. The Hall–Kier alpha value is -0.480. The van der Waals surface area contributed by atoms with E-state index in [0.717, 1.165) is 0 Å².